The first-order chi connectivity index (χ1) is 14.8. The fourth-order valence-electron chi connectivity index (χ4n) is 3.35. The van der Waals surface area contributed by atoms with E-state index in [-0.39, 0.29) is 54.8 Å². The number of fused-ring (bicyclic) bond motifs is 2. The highest BCUT2D eigenvalue weighted by atomic mass is 19.2. The highest BCUT2D eigenvalue weighted by molar-refractivity contribution is 5.54. The lowest BCUT2D eigenvalue weighted by molar-refractivity contribution is 0.0140. The summed E-state index contributed by atoms with van der Waals surface area (Å²) in [6.07, 6.45) is 1.12. The van der Waals surface area contributed by atoms with Crippen molar-refractivity contribution < 1.29 is 31.8 Å². The van der Waals surface area contributed by atoms with Gasteiger partial charge in [-0.3, -0.25) is 4.39 Å². The molecule has 3 nitrogen and oxygen atoms in total. The molecule has 2 unspecified atom stereocenters. The second-order valence-electron chi connectivity index (χ2n) is 8.06. The molecule has 2 atom stereocenters. The summed E-state index contributed by atoms with van der Waals surface area (Å²) in [5.41, 5.74) is 0.994. The van der Waals surface area contributed by atoms with Gasteiger partial charge in [0.1, 0.15) is 6.61 Å². The number of aryl methyl sites for hydroxylation is 1. The van der Waals surface area contributed by atoms with Crippen molar-refractivity contribution >= 4 is 0 Å². The van der Waals surface area contributed by atoms with Crippen molar-refractivity contribution in [3.8, 4) is 17.2 Å². The topological polar surface area (TPSA) is 27.7 Å². The summed E-state index contributed by atoms with van der Waals surface area (Å²) < 4.78 is 73.0. The van der Waals surface area contributed by atoms with Crippen LogP contribution in [0.25, 0.3) is 0 Å². The van der Waals surface area contributed by atoms with Crippen molar-refractivity contribution in [1.29, 1.82) is 0 Å². The molecule has 3 rings (SSSR count). The maximum Gasteiger partial charge on any atom is 0.207 e. The molecular weight excluding hydrogens is 412 g/mol. The van der Waals surface area contributed by atoms with E-state index in [1.807, 2.05) is 6.92 Å². The lowest BCUT2D eigenvalue weighted by Crippen LogP contribution is -2.21. The number of rotatable bonds is 10. The van der Waals surface area contributed by atoms with E-state index < -0.39 is 24.1 Å². The van der Waals surface area contributed by atoms with E-state index >= 15 is 0 Å². The van der Waals surface area contributed by atoms with Gasteiger partial charge in [-0.25, -0.2) is 4.39 Å². The summed E-state index contributed by atoms with van der Waals surface area (Å²) in [6.45, 7) is 6.11. The number of hydrogen-bond acceptors (Lipinski definition) is 3. The van der Waals surface area contributed by atoms with Crippen molar-refractivity contribution in [3.05, 3.63) is 52.3 Å². The molecule has 0 spiro atoms. The Labute approximate surface area is 180 Å². The molecular formula is C24H28F4O3. The minimum Gasteiger partial charge on any atom is -0.488 e. The molecule has 0 fully saturated rings. The Morgan fingerprint density at radius 3 is 2.45 bits per heavy atom. The van der Waals surface area contributed by atoms with Crippen molar-refractivity contribution in [3.63, 3.8) is 0 Å². The van der Waals surface area contributed by atoms with E-state index in [0.29, 0.717) is 23.7 Å². The van der Waals surface area contributed by atoms with Crippen LogP contribution in [0.1, 0.15) is 50.3 Å². The van der Waals surface area contributed by atoms with Crippen LogP contribution in [0.5, 0.6) is 17.2 Å². The summed E-state index contributed by atoms with van der Waals surface area (Å²) in [7, 11) is 0. The monoisotopic (exact) mass is 440 g/mol. The Kier molecular flexibility index (Phi) is 7.81. The largest absolute Gasteiger partial charge is 0.488 e. The summed E-state index contributed by atoms with van der Waals surface area (Å²) in [6, 6.07) is 4.60. The van der Waals surface area contributed by atoms with Crippen LogP contribution in [0, 0.1) is 23.4 Å². The molecule has 0 bridgehead atoms. The van der Waals surface area contributed by atoms with Crippen molar-refractivity contribution in [2.75, 3.05) is 19.9 Å². The standard InChI is InChI=1S/C24H28F4O3/c1-4-14(2)12-29-15(3)13-30-19-8-7-17-11-18-10-16(6-5-9-25)20(26)22(28)24(18)31-23(17)21(19)27/h7-8,10,14-15H,4-6,9,11-13H2,1-3H3. The third kappa shape index (κ3) is 5.32. The van der Waals surface area contributed by atoms with Crippen LogP contribution in [0.15, 0.2) is 18.2 Å². The minimum atomic E-state index is -1.19. The van der Waals surface area contributed by atoms with Crippen LogP contribution in [0.4, 0.5) is 17.6 Å². The molecule has 1 heterocycles. The lowest BCUT2D eigenvalue weighted by Gasteiger charge is -2.24. The molecule has 1 aliphatic rings. The van der Waals surface area contributed by atoms with Gasteiger partial charge < -0.3 is 14.2 Å². The Bertz CT molecular complexity index is 916. The van der Waals surface area contributed by atoms with Crippen molar-refractivity contribution in [1.82, 2.24) is 0 Å². The Morgan fingerprint density at radius 1 is 1.00 bits per heavy atom. The fourth-order valence-corrected chi connectivity index (χ4v) is 3.35. The zero-order valence-electron chi connectivity index (χ0n) is 18.1. The number of halogens is 4. The third-order valence-electron chi connectivity index (χ3n) is 5.46. The zero-order chi connectivity index (χ0) is 22.5. The number of alkyl halides is 1. The predicted octanol–water partition coefficient (Wildman–Crippen LogP) is 6.53. The molecule has 0 amide bonds. The minimum absolute atomic E-state index is 0.0402. The van der Waals surface area contributed by atoms with Gasteiger partial charge in [-0.1, -0.05) is 26.3 Å². The van der Waals surface area contributed by atoms with Gasteiger partial charge in [0.05, 0.1) is 12.8 Å². The summed E-state index contributed by atoms with van der Waals surface area (Å²) in [4.78, 5) is 0. The van der Waals surface area contributed by atoms with Crippen LogP contribution in [-0.4, -0.2) is 26.0 Å². The van der Waals surface area contributed by atoms with Crippen LogP contribution >= 0.6 is 0 Å². The molecule has 0 radical (unpaired) electrons. The van der Waals surface area contributed by atoms with Crippen molar-refractivity contribution in [2.45, 2.75) is 52.6 Å². The molecule has 7 heteroatoms. The second-order valence-corrected chi connectivity index (χ2v) is 8.06. The van der Waals surface area contributed by atoms with Gasteiger partial charge in [-0.15, -0.1) is 0 Å². The molecule has 2 aromatic rings. The maximum absolute atomic E-state index is 15.0. The van der Waals surface area contributed by atoms with E-state index in [9.17, 15) is 17.6 Å². The van der Waals surface area contributed by atoms with Gasteiger partial charge in [0, 0.05) is 24.2 Å². The maximum atomic E-state index is 15.0. The van der Waals surface area contributed by atoms with E-state index in [2.05, 4.69) is 13.8 Å². The molecule has 0 aromatic heterocycles. The molecule has 0 saturated heterocycles. The summed E-state index contributed by atoms with van der Waals surface area (Å²) >= 11 is 0. The normalized spacial score (nSPS) is 14.4. The highest BCUT2D eigenvalue weighted by Crippen LogP contribution is 2.43. The first-order valence-electron chi connectivity index (χ1n) is 10.6. The predicted molar refractivity (Wildman–Crippen MR) is 110 cm³/mol. The average molecular weight is 440 g/mol. The van der Waals surface area contributed by atoms with Gasteiger partial charge in [0.25, 0.3) is 0 Å². The number of hydrogen-bond donors (Lipinski definition) is 0. The summed E-state index contributed by atoms with van der Waals surface area (Å²) in [5, 5.41) is 0. The highest BCUT2D eigenvalue weighted by Gasteiger charge is 2.28. The molecule has 1 aliphatic heterocycles. The van der Waals surface area contributed by atoms with Gasteiger partial charge in [0.2, 0.25) is 11.6 Å². The average Bonchev–Trinajstić information content (AvgIpc) is 2.77. The first kappa shape index (κ1) is 23.4. The SMILES string of the molecule is CCC(C)COC(C)COc1ccc2c(c1F)Oc1c(cc(CCCF)c(F)c1F)C2. The summed E-state index contributed by atoms with van der Waals surface area (Å²) in [5.74, 6) is -3.17. The number of ether oxygens (including phenoxy) is 3. The van der Waals surface area contributed by atoms with Gasteiger partial charge in [-0.2, -0.15) is 8.78 Å². The van der Waals surface area contributed by atoms with Crippen LogP contribution in [0.2, 0.25) is 0 Å². The van der Waals surface area contributed by atoms with Crippen LogP contribution in [0.3, 0.4) is 0 Å². The smallest absolute Gasteiger partial charge is 0.207 e. The second kappa shape index (κ2) is 10.4. The Balaban J connectivity index is 1.75. The van der Waals surface area contributed by atoms with Gasteiger partial charge in [-0.05, 0) is 43.4 Å². The van der Waals surface area contributed by atoms with E-state index in [1.165, 1.54) is 12.1 Å². The Hall–Kier alpha value is -2.28. The van der Waals surface area contributed by atoms with E-state index in [4.69, 9.17) is 14.2 Å². The molecule has 0 N–H and O–H groups in total. The Morgan fingerprint density at radius 2 is 1.74 bits per heavy atom. The van der Waals surface area contributed by atoms with Crippen LogP contribution < -0.4 is 9.47 Å². The lowest BCUT2D eigenvalue weighted by atomic mass is 9.96. The zero-order valence-corrected chi connectivity index (χ0v) is 18.1. The molecule has 0 aliphatic carbocycles. The third-order valence-corrected chi connectivity index (χ3v) is 5.46. The molecule has 0 saturated carbocycles. The van der Waals surface area contributed by atoms with E-state index in [0.717, 1.165) is 6.42 Å². The molecule has 170 valence electrons. The number of benzene rings is 2. The van der Waals surface area contributed by atoms with Gasteiger partial charge >= 0.3 is 0 Å². The fraction of sp³-hybridized carbons (Fsp3) is 0.500. The van der Waals surface area contributed by atoms with Gasteiger partial charge in [0.15, 0.2) is 23.1 Å². The van der Waals surface area contributed by atoms with Crippen LogP contribution in [-0.2, 0) is 17.6 Å². The van der Waals surface area contributed by atoms with Crippen molar-refractivity contribution in [2.24, 2.45) is 5.92 Å². The molecule has 31 heavy (non-hydrogen) atoms. The quantitative estimate of drug-likeness (QED) is 0.335. The van der Waals surface area contributed by atoms with E-state index in [1.54, 1.807) is 6.07 Å². The molecule has 2 aromatic carbocycles. The first-order valence-corrected chi connectivity index (χ1v) is 10.6.